The molecule has 35 heavy (non-hydrogen) atoms. The molecule has 0 radical (unpaired) electrons. The van der Waals surface area contributed by atoms with Crippen LogP contribution in [0.1, 0.15) is 56.1 Å². The maximum Gasteiger partial charge on any atom is 0.336 e. The molecule has 1 fully saturated rings. The van der Waals surface area contributed by atoms with Gasteiger partial charge in [-0.25, -0.2) is 4.79 Å². The van der Waals surface area contributed by atoms with Gasteiger partial charge in [0, 0.05) is 29.3 Å². The monoisotopic (exact) mass is 475 g/mol. The van der Waals surface area contributed by atoms with Crippen molar-refractivity contribution in [2.75, 3.05) is 20.5 Å². The lowest BCUT2D eigenvalue weighted by molar-refractivity contribution is -0.136. The highest BCUT2D eigenvalue weighted by Crippen LogP contribution is 2.48. The molecule has 0 aromatic heterocycles. The Labute approximate surface area is 204 Å². The van der Waals surface area contributed by atoms with E-state index in [1.54, 1.807) is 0 Å². The predicted molar refractivity (Wildman–Crippen MR) is 130 cm³/mol. The summed E-state index contributed by atoms with van der Waals surface area (Å²) in [5, 5.41) is 0. The summed E-state index contributed by atoms with van der Waals surface area (Å²) in [5.74, 6) is 0.624. The van der Waals surface area contributed by atoms with E-state index in [1.165, 1.54) is 7.11 Å². The number of fused-ring (bicyclic) bond motifs is 2. The Hall–Kier alpha value is -3.61. The van der Waals surface area contributed by atoms with Crippen LogP contribution in [-0.2, 0) is 14.3 Å². The maximum atomic E-state index is 13.8. The molecule has 3 aliphatic rings. The molecule has 5 rings (SSSR count). The fourth-order valence-corrected chi connectivity index (χ4v) is 5.37. The predicted octanol–water partition coefficient (Wildman–Crippen LogP) is 4.95. The van der Waals surface area contributed by atoms with Crippen molar-refractivity contribution in [1.82, 2.24) is 0 Å². The van der Waals surface area contributed by atoms with Gasteiger partial charge in [0.2, 0.25) is 6.79 Å². The van der Waals surface area contributed by atoms with Crippen LogP contribution in [0.25, 0.3) is 0 Å². The van der Waals surface area contributed by atoms with Crippen LogP contribution in [0, 0.1) is 5.92 Å². The van der Waals surface area contributed by atoms with Crippen molar-refractivity contribution in [2.45, 2.75) is 44.9 Å². The summed E-state index contributed by atoms with van der Waals surface area (Å²) in [7, 11) is 1.36. The van der Waals surface area contributed by atoms with E-state index in [9.17, 15) is 9.59 Å². The van der Waals surface area contributed by atoms with E-state index >= 15 is 0 Å². The third-order valence-corrected chi connectivity index (χ3v) is 6.94. The highest BCUT2D eigenvalue weighted by molar-refractivity contribution is 6.12. The average Bonchev–Trinajstić information content (AvgIpc) is 3.34. The summed E-state index contributed by atoms with van der Waals surface area (Å²) in [6.07, 6.45) is 1.83. The number of methoxy groups -OCH3 is 1. The molecule has 2 aromatic rings. The minimum atomic E-state index is -0.538. The lowest BCUT2D eigenvalue weighted by Crippen LogP contribution is -2.41. The van der Waals surface area contributed by atoms with Gasteiger partial charge in [-0.2, -0.15) is 0 Å². The number of esters is 1. The second kappa shape index (κ2) is 9.56. The minimum absolute atomic E-state index is 0.0216. The highest BCUT2D eigenvalue weighted by atomic mass is 16.7. The number of rotatable bonds is 6. The second-order valence-corrected chi connectivity index (χ2v) is 9.12. The van der Waals surface area contributed by atoms with Crippen molar-refractivity contribution in [2.24, 2.45) is 10.9 Å². The largest absolute Gasteiger partial charge is 0.493 e. The fourth-order valence-electron chi connectivity index (χ4n) is 5.37. The van der Waals surface area contributed by atoms with Gasteiger partial charge in [0.25, 0.3) is 0 Å². The van der Waals surface area contributed by atoms with E-state index in [2.05, 4.69) is 0 Å². The molecule has 0 N–H and O–H groups in total. The first-order valence-corrected chi connectivity index (χ1v) is 12.0. The number of Topliss-reactive ketones (excluding diaryl/α,β-unsaturated/α-hetero) is 1. The van der Waals surface area contributed by atoms with Crippen LogP contribution in [0.3, 0.4) is 0 Å². The number of hydrogen-bond acceptors (Lipinski definition) is 7. The van der Waals surface area contributed by atoms with Gasteiger partial charge >= 0.3 is 5.97 Å². The molecule has 1 unspecified atom stereocenters. The Morgan fingerprint density at radius 1 is 1.09 bits per heavy atom. The first-order valence-electron chi connectivity index (χ1n) is 12.0. The van der Waals surface area contributed by atoms with Crippen molar-refractivity contribution < 1.29 is 28.5 Å². The third-order valence-electron chi connectivity index (χ3n) is 6.94. The number of carbonyl (C=O) groups excluding carboxylic acids is 2. The van der Waals surface area contributed by atoms with Crippen LogP contribution in [0.15, 0.2) is 58.7 Å². The fraction of sp³-hybridized carbons (Fsp3) is 0.393. The minimum Gasteiger partial charge on any atom is -0.493 e. The van der Waals surface area contributed by atoms with E-state index in [4.69, 9.17) is 23.9 Å². The van der Waals surface area contributed by atoms with E-state index in [0.29, 0.717) is 48.0 Å². The smallest absolute Gasteiger partial charge is 0.336 e. The number of carbonyl (C=O) groups is 2. The lowest BCUT2D eigenvalue weighted by atomic mass is 9.66. The number of ketones is 1. The molecule has 2 aromatic carbocycles. The average molecular weight is 476 g/mol. The molecule has 1 saturated carbocycles. The van der Waals surface area contributed by atoms with Crippen molar-refractivity contribution >= 4 is 17.5 Å². The zero-order valence-electron chi connectivity index (χ0n) is 20.2. The van der Waals surface area contributed by atoms with Gasteiger partial charge in [0.15, 0.2) is 11.5 Å². The molecule has 7 heteroatoms. The highest BCUT2D eigenvalue weighted by Gasteiger charge is 2.47. The molecule has 1 aliphatic carbocycles. The summed E-state index contributed by atoms with van der Waals surface area (Å²) in [4.78, 5) is 31.5. The Kier molecular flexibility index (Phi) is 6.32. The molecule has 0 bridgehead atoms. The molecular formula is C28H29NO6. The number of hydrogen-bond donors (Lipinski definition) is 0. The number of benzene rings is 2. The summed E-state index contributed by atoms with van der Waals surface area (Å²) in [5.41, 5.74) is 3.63. The van der Waals surface area contributed by atoms with Crippen LogP contribution < -0.4 is 14.2 Å². The molecular weight excluding hydrogens is 446 g/mol. The van der Waals surface area contributed by atoms with Gasteiger partial charge in [0.1, 0.15) is 11.5 Å². The Bertz CT molecular complexity index is 1230. The SMILES string of the molecule is CCCOc1ccccc1[C@H]1C(C(=O)OC)=C(C)N=C2C[C@@H](c3ccc4c(c3)OCO4)CC(=O)C21. The third kappa shape index (κ3) is 4.20. The number of aliphatic imine (C=N–C) groups is 1. The normalized spacial score (nSPS) is 23.0. The molecule has 7 nitrogen and oxygen atoms in total. The topological polar surface area (TPSA) is 83.4 Å². The quantitative estimate of drug-likeness (QED) is 0.550. The van der Waals surface area contributed by atoms with E-state index in [0.717, 1.165) is 23.3 Å². The summed E-state index contributed by atoms with van der Waals surface area (Å²) < 4.78 is 22.1. The van der Waals surface area contributed by atoms with Gasteiger partial charge in [-0.3, -0.25) is 9.79 Å². The number of allylic oxidation sites excluding steroid dienone is 1. The molecule has 182 valence electrons. The Balaban J connectivity index is 1.56. The van der Waals surface area contributed by atoms with Gasteiger partial charge in [-0.15, -0.1) is 0 Å². The van der Waals surface area contributed by atoms with Crippen molar-refractivity contribution in [3.63, 3.8) is 0 Å². The van der Waals surface area contributed by atoms with Gasteiger partial charge in [-0.1, -0.05) is 31.2 Å². The second-order valence-electron chi connectivity index (χ2n) is 9.12. The van der Waals surface area contributed by atoms with Crippen LogP contribution in [-0.4, -0.2) is 38.0 Å². The van der Waals surface area contributed by atoms with Crippen LogP contribution in [0.2, 0.25) is 0 Å². The first kappa shape index (κ1) is 23.1. The van der Waals surface area contributed by atoms with E-state index in [1.807, 2.05) is 56.3 Å². The lowest BCUT2D eigenvalue weighted by Gasteiger charge is -2.38. The van der Waals surface area contributed by atoms with Crippen molar-refractivity contribution in [1.29, 1.82) is 0 Å². The number of para-hydroxylation sites is 1. The maximum absolute atomic E-state index is 13.8. The molecule has 3 atom stereocenters. The molecule has 2 aliphatic heterocycles. The van der Waals surface area contributed by atoms with Crippen LogP contribution in [0.4, 0.5) is 0 Å². The first-order chi connectivity index (χ1) is 17.0. The van der Waals surface area contributed by atoms with Gasteiger partial charge in [-0.05, 0) is 49.4 Å². The number of nitrogens with zero attached hydrogens (tertiary/aromatic N) is 1. The summed E-state index contributed by atoms with van der Waals surface area (Å²) in [6.45, 7) is 4.61. The molecule has 2 heterocycles. The summed E-state index contributed by atoms with van der Waals surface area (Å²) in [6, 6.07) is 13.5. The Morgan fingerprint density at radius 3 is 2.69 bits per heavy atom. The number of ether oxygens (including phenoxy) is 4. The van der Waals surface area contributed by atoms with Gasteiger partial charge in [0.05, 0.1) is 25.2 Å². The Morgan fingerprint density at radius 2 is 1.89 bits per heavy atom. The van der Waals surface area contributed by atoms with E-state index in [-0.39, 0.29) is 18.5 Å². The zero-order valence-corrected chi connectivity index (χ0v) is 20.2. The van der Waals surface area contributed by atoms with Crippen molar-refractivity contribution in [3.05, 3.63) is 64.9 Å². The van der Waals surface area contributed by atoms with Crippen LogP contribution >= 0.6 is 0 Å². The summed E-state index contributed by atoms with van der Waals surface area (Å²) >= 11 is 0. The molecule has 0 amide bonds. The van der Waals surface area contributed by atoms with E-state index < -0.39 is 17.8 Å². The molecule has 0 spiro atoms. The van der Waals surface area contributed by atoms with Gasteiger partial charge < -0.3 is 18.9 Å². The zero-order chi connectivity index (χ0) is 24.5. The molecule has 0 saturated heterocycles. The standard InChI is InChI=1S/C28H29NO6/c1-4-11-33-22-8-6-5-7-19(22)26-25(28(31)32-3)16(2)29-20-12-18(13-21(30)27(20)26)17-9-10-23-24(14-17)35-15-34-23/h5-10,14,18,26-27H,4,11-13,15H2,1-3H3/t18-,26+,27?/m1/s1. The van der Waals surface area contributed by atoms with Crippen LogP contribution in [0.5, 0.6) is 17.2 Å². The van der Waals surface area contributed by atoms with Crippen molar-refractivity contribution in [3.8, 4) is 17.2 Å².